The van der Waals surface area contributed by atoms with Gasteiger partial charge in [0.1, 0.15) is 11.5 Å². The standard InChI is InChI=1S/C20H25N5O2/c1-14(2)21-20(27)17-13-18(25-11-9-24(10-12-25)15(3)26)23-19(22-17)16-7-5-4-6-8-16/h4-8,13-14H,9-12H2,1-3H3,(H,21,27). The minimum atomic E-state index is -0.215. The maximum absolute atomic E-state index is 12.5. The molecule has 0 unspecified atom stereocenters. The molecule has 0 radical (unpaired) electrons. The predicted octanol–water partition coefficient (Wildman–Crippen LogP) is 1.95. The average molecular weight is 367 g/mol. The molecule has 3 rings (SSSR count). The highest BCUT2D eigenvalue weighted by molar-refractivity contribution is 5.93. The van der Waals surface area contributed by atoms with Crippen molar-refractivity contribution in [2.45, 2.75) is 26.8 Å². The first-order valence-electron chi connectivity index (χ1n) is 9.20. The number of rotatable bonds is 4. The number of nitrogens with one attached hydrogen (secondary N) is 1. The van der Waals surface area contributed by atoms with Crippen molar-refractivity contribution in [2.24, 2.45) is 0 Å². The second-order valence-corrected chi connectivity index (χ2v) is 6.92. The number of nitrogens with zero attached hydrogens (tertiary/aromatic N) is 4. The molecule has 1 saturated heterocycles. The maximum Gasteiger partial charge on any atom is 0.270 e. The third-order valence-electron chi connectivity index (χ3n) is 4.45. The number of carbonyl (C=O) groups is 2. The van der Waals surface area contributed by atoms with Gasteiger partial charge in [-0.15, -0.1) is 0 Å². The third kappa shape index (κ3) is 4.61. The van der Waals surface area contributed by atoms with E-state index in [4.69, 9.17) is 4.98 Å². The first-order valence-corrected chi connectivity index (χ1v) is 9.20. The van der Waals surface area contributed by atoms with Crippen LogP contribution in [0.1, 0.15) is 31.3 Å². The summed E-state index contributed by atoms with van der Waals surface area (Å²) < 4.78 is 0. The van der Waals surface area contributed by atoms with Gasteiger partial charge in [-0.2, -0.15) is 0 Å². The van der Waals surface area contributed by atoms with E-state index in [1.54, 1.807) is 13.0 Å². The Bertz CT molecular complexity index is 814. The quantitative estimate of drug-likeness (QED) is 0.894. The van der Waals surface area contributed by atoms with Crippen molar-refractivity contribution >= 4 is 17.6 Å². The Labute approximate surface area is 159 Å². The lowest BCUT2D eigenvalue weighted by Gasteiger charge is -2.35. The topological polar surface area (TPSA) is 78.4 Å². The number of piperazine rings is 1. The zero-order valence-corrected chi connectivity index (χ0v) is 16.0. The van der Waals surface area contributed by atoms with Crippen molar-refractivity contribution in [1.29, 1.82) is 0 Å². The Morgan fingerprint density at radius 2 is 1.70 bits per heavy atom. The predicted molar refractivity (Wildman–Crippen MR) is 105 cm³/mol. The van der Waals surface area contributed by atoms with E-state index in [1.165, 1.54) is 0 Å². The molecule has 0 spiro atoms. The number of hydrogen-bond acceptors (Lipinski definition) is 5. The van der Waals surface area contributed by atoms with Crippen LogP contribution in [0.15, 0.2) is 36.4 Å². The molecule has 2 aromatic rings. The van der Waals surface area contributed by atoms with Crippen molar-refractivity contribution in [3.8, 4) is 11.4 Å². The van der Waals surface area contributed by atoms with Gasteiger partial charge in [-0.3, -0.25) is 9.59 Å². The Kier molecular flexibility index (Phi) is 5.69. The molecule has 1 fully saturated rings. The zero-order valence-electron chi connectivity index (χ0n) is 16.0. The van der Waals surface area contributed by atoms with E-state index in [0.717, 1.165) is 5.56 Å². The molecule has 2 amide bonds. The molecule has 27 heavy (non-hydrogen) atoms. The average Bonchev–Trinajstić information content (AvgIpc) is 2.68. The van der Waals surface area contributed by atoms with Gasteiger partial charge in [-0.05, 0) is 13.8 Å². The number of hydrogen-bond donors (Lipinski definition) is 1. The van der Waals surface area contributed by atoms with Crippen molar-refractivity contribution in [1.82, 2.24) is 20.2 Å². The summed E-state index contributed by atoms with van der Waals surface area (Å²) >= 11 is 0. The second kappa shape index (κ2) is 8.16. The third-order valence-corrected chi connectivity index (χ3v) is 4.45. The summed E-state index contributed by atoms with van der Waals surface area (Å²) in [7, 11) is 0. The highest BCUT2D eigenvalue weighted by Crippen LogP contribution is 2.21. The van der Waals surface area contributed by atoms with Gasteiger partial charge < -0.3 is 15.1 Å². The van der Waals surface area contributed by atoms with Crippen molar-refractivity contribution in [2.75, 3.05) is 31.1 Å². The monoisotopic (exact) mass is 367 g/mol. The lowest BCUT2D eigenvalue weighted by Crippen LogP contribution is -2.48. The first kappa shape index (κ1) is 18.8. The highest BCUT2D eigenvalue weighted by atomic mass is 16.2. The van der Waals surface area contributed by atoms with Crippen LogP contribution in [-0.4, -0.2) is 58.9 Å². The molecule has 0 atom stereocenters. The fourth-order valence-electron chi connectivity index (χ4n) is 3.02. The summed E-state index contributed by atoms with van der Waals surface area (Å²) in [5.74, 6) is 1.10. The normalized spacial score (nSPS) is 14.4. The van der Waals surface area contributed by atoms with E-state index in [0.29, 0.717) is 43.5 Å². The zero-order chi connectivity index (χ0) is 19.4. The molecule has 1 N–H and O–H groups in total. The number of carbonyl (C=O) groups excluding carboxylic acids is 2. The van der Waals surface area contributed by atoms with Gasteiger partial charge in [0.05, 0.1) is 0 Å². The van der Waals surface area contributed by atoms with Crippen LogP contribution in [0.2, 0.25) is 0 Å². The number of benzene rings is 1. The van der Waals surface area contributed by atoms with Gasteiger partial charge in [0.15, 0.2) is 5.82 Å². The first-order chi connectivity index (χ1) is 12.9. The molecular weight excluding hydrogens is 342 g/mol. The van der Waals surface area contributed by atoms with Gasteiger partial charge in [-0.1, -0.05) is 30.3 Å². The van der Waals surface area contributed by atoms with E-state index in [2.05, 4.69) is 15.2 Å². The molecule has 7 heteroatoms. The van der Waals surface area contributed by atoms with Crippen LogP contribution in [0.5, 0.6) is 0 Å². The summed E-state index contributed by atoms with van der Waals surface area (Å²) in [6.45, 7) is 8.06. The smallest absolute Gasteiger partial charge is 0.270 e. The van der Waals surface area contributed by atoms with Crippen LogP contribution >= 0.6 is 0 Å². The minimum absolute atomic E-state index is 0.0233. The summed E-state index contributed by atoms with van der Waals surface area (Å²) in [5.41, 5.74) is 1.21. The Morgan fingerprint density at radius 3 is 2.30 bits per heavy atom. The van der Waals surface area contributed by atoms with Crippen LogP contribution in [0, 0.1) is 0 Å². The van der Waals surface area contributed by atoms with Gasteiger partial charge in [-0.25, -0.2) is 9.97 Å². The summed E-state index contributed by atoms with van der Waals surface area (Å²) in [4.78, 5) is 37.2. The molecule has 1 aromatic heterocycles. The van der Waals surface area contributed by atoms with Crippen molar-refractivity contribution in [3.05, 3.63) is 42.1 Å². The van der Waals surface area contributed by atoms with Crippen LogP contribution in [-0.2, 0) is 4.79 Å². The van der Waals surface area contributed by atoms with E-state index in [1.807, 2.05) is 49.1 Å². The molecule has 142 valence electrons. The molecular formula is C20H25N5O2. The fraction of sp³-hybridized carbons (Fsp3) is 0.400. The number of anilines is 1. The summed E-state index contributed by atoms with van der Waals surface area (Å²) in [6, 6.07) is 11.4. The molecule has 0 saturated carbocycles. The molecule has 1 aliphatic heterocycles. The van der Waals surface area contributed by atoms with Crippen LogP contribution < -0.4 is 10.2 Å². The molecule has 0 aliphatic carbocycles. The Morgan fingerprint density at radius 1 is 1.04 bits per heavy atom. The maximum atomic E-state index is 12.5. The van der Waals surface area contributed by atoms with Gasteiger partial charge in [0.2, 0.25) is 5.91 Å². The van der Waals surface area contributed by atoms with E-state index in [-0.39, 0.29) is 17.9 Å². The molecule has 1 aliphatic rings. The van der Waals surface area contributed by atoms with Crippen LogP contribution in [0.25, 0.3) is 11.4 Å². The molecule has 1 aromatic carbocycles. The second-order valence-electron chi connectivity index (χ2n) is 6.92. The van der Waals surface area contributed by atoms with Crippen LogP contribution in [0.4, 0.5) is 5.82 Å². The highest BCUT2D eigenvalue weighted by Gasteiger charge is 2.22. The lowest BCUT2D eigenvalue weighted by atomic mass is 10.2. The van der Waals surface area contributed by atoms with E-state index >= 15 is 0 Å². The van der Waals surface area contributed by atoms with Gasteiger partial charge in [0, 0.05) is 50.8 Å². The SMILES string of the molecule is CC(=O)N1CCN(c2cc(C(=O)NC(C)C)nc(-c3ccccc3)n2)CC1. The Hall–Kier alpha value is -2.96. The van der Waals surface area contributed by atoms with E-state index < -0.39 is 0 Å². The number of aromatic nitrogens is 2. The largest absolute Gasteiger partial charge is 0.353 e. The van der Waals surface area contributed by atoms with Gasteiger partial charge in [0.25, 0.3) is 5.91 Å². The minimum Gasteiger partial charge on any atom is -0.353 e. The van der Waals surface area contributed by atoms with Crippen molar-refractivity contribution in [3.63, 3.8) is 0 Å². The molecule has 0 bridgehead atoms. The van der Waals surface area contributed by atoms with Gasteiger partial charge >= 0.3 is 0 Å². The van der Waals surface area contributed by atoms with E-state index in [9.17, 15) is 9.59 Å². The number of amides is 2. The lowest BCUT2D eigenvalue weighted by molar-refractivity contribution is -0.129. The molecule has 7 nitrogen and oxygen atoms in total. The summed E-state index contributed by atoms with van der Waals surface area (Å²) in [5, 5.41) is 2.89. The summed E-state index contributed by atoms with van der Waals surface area (Å²) in [6.07, 6.45) is 0. The Balaban J connectivity index is 1.93. The van der Waals surface area contributed by atoms with Crippen LogP contribution in [0.3, 0.4) is 0 Å². The molecule has 2 heterocycles. The fourth-order valence-corrected chi connectivity index (χ4v) is 3.02. The van der Waals surface area contributed by atoms with Crippen molar-refractivity contribution < 1.29 is 9.59 Å².